The van der Waals surface area contributed by atoms with Gasteiger partial charge in [-0.05, 0) is 67.6 Å². The third kappa shape index (κ3) is 4.66. The number of amides is 1. The average Bonchev–Trinajstić information content (AvgIpc) is 3.06. The minimum atomic E-state index is -0.490. The number of ether oxygens (including phenoxy) is 1. The molecule has 1 aliphatic carbocycles. The lowest BCUT2D eigenvalue weighted by atomic mass is 10.0. The molecule has 0 saturated heterocycles. The first kappa shape index (κ1) is 19.4. The predicted molar refractivity (Wildman–Crippen MR) is 107 cm³/mol. The summed E-state index contributed by atoms with van der Waals surface area (Å²) in [6.07, 6.45) is 4.91. The van der Waals surface area contributed by atoms with Crippen molar-refractivity contribution in [2.24, 2.45) is 11.7 Å². The van der Waals surface area contributed by atoms with E-state index in [1.807, 2.05) is 6.07 Å². The lowest BCUT2D eigenvalue weighted by Crippen LogP contribution is -2.29. The number of aromatic nitrogens is 1. The highest BCUT2D eigenvalue weighted by molar-refractivity contribution is 5.92. The fourth-order valence-corrected chi connectivity index (χ4v) is 3.68. The van der Waals surface area contributed by atoms with E-state index in [1.54, 1.807) is 12.1 Å². The Morgan fingerprint density at radius 3 is 2.78 bits per heavy atom. The molecule has 5 nitrogen and oxygen atoms in total. The molecule has 0 saturated carbocycles. The van der Waals surface area contributed by atoms with E-state index in [1.165, 1.54) is 23.7 Å². The molecule has 0 aliphatic heterocycles. The third-order valence-electron chi connectivity index (χ3n) is 5.24. The Hall–Kier alpha value is -2.40. The van der Waals surface area contributed by atoms with Gasteiger partial charge in [0.15, 0.2) is 0 Å². The molecule has 1 aromatic heterocycles. The van der Waals surface area contributed by atoms with Gasteiger partial charge in [-0.15, -0.1) is 0 Å². The van der Waals surface area contributed by atoms with Gasteiger partial charge in [-0.1, -0.05) is 26.8 Å². The zero-order chi connectivity index (χ0) is 19.4. The number of nitrogens with two attached hydrogens (primary N) is 1. The molecule has 27 heavy (non-hydrogen) atoms. The highest BCUT2D eigenvalue weighted by Gasteiger charge is 2.27. The van der Waals surface area contributed by atoms with Gasteiger partial charge in [0.25, 0.3) is 0 Å². The first-order valence-electron chi connectivity index (χ1n) is 9.78. The monoisotopic (exact) mass is 367 g/mol. The summed E-state index contributed by atoms with van der Waals surface area (Å²) in [5.74, 6) is 1.47. The summed E-state index contributed by atoms with van der Waals surface area (Å²) in [6, 6.07) is 10.1. The van der Waals surface area contributed by atoms with Crippen molar-refractivity contribution in [3.05, 3.63) is 53.2 Å². The molecule has 144 valence electrons. The largest absolute Gasteiger partial charge is 0.439 e. The van der Waals surface area contributed by atoms with Crippen LogP contribution < -0.4 is 10.5 Å². The molecule has 0 bridgehead atoms. The Bertz CT molecular complexity index is 787. The first-order valence-corrected chi connectivity index (χ1v) is 9.78. The molecule has 3 rings (SSSR count). The minimum absolute atomic E-state index is 0.375. The Balaban J connectivity index is 1.71. The summed E-state index contributed by atoms with van der Waals surface area (Å²) in [6.45, 7) is 9.03. The number of aryl methyl sites for hydroxylation is 1. The van der Waals surface area contributed by atoms with Crippen molar-refractivity contribution in [3.8, 4) is 11.6 Å². The Kier molecular flexibility index (Phi) is 6.11. The Morgan fingerprint density at radius 1 is 1.33 bits per heavy atom. The fourth-order valence-electron chi connectivity index (χ4n) is 3.68. The molecule has 0 radical (unpaired) electrons. The molecular formula is C22H29N3O2. The van der Waals surface area contributed by atoms with Gasteiger partial charge in [0, 0.05) is 18.3 Å². The normalized spacial score (nSPS) is 16.0. The van der Waals surface area contributed by atoms with Crippen molar-refractivity contribution < 1.29 is 9.53 Å². The highest BCUT2D eigenvalue weighted by Crippen LogP contribution is 2.38. The van der Waals surface area contributed by atoms with Gasteiger partial charge < -0.3 is 10.5 Å². The van der Waals surface area contributed by atoms with E-state index in [0.717, 1.165) is 37.6 Å². The second kappa shape index (κ2) is 8.53. The van der Waals surface area contributed by atoms with Crippen LogP contribution in [0, 0.1) is 5.92 Å². The number of primary amides is 1. The molecular weight excluding hydrogens is 338 g/mol. The summed E-state index contributed by atoms with van der Waals surface area (Å²) in [7, 11) is 0. The molecule has 0 spiro atoms. The van der Waals surface area contributed by atoms with Crippen LogP contribution in [-0.4, -0.2) is 28.9 Å². The van der Waals surface area contributed by atoms with Crippen LogP contribution >= 0.6 is 0 Å². The molecule has 1 atom stereocenters. The molecule has 1 aliphatic rings. The van der Waals surface area contributed by atoms with Gasteiger partial charge in [-0.3, -0.25) is 9.69 Å². The average molecular weight is 367 g/mol. The summed E-state index contributed by atoms with van der Waals surface area (Å²) < 4.78 is 5.86. The third-order valence-corrected chi connectivity index (χ3v) is 5.24. The van der Waals surface area contributed by atoms with E-state index in [-0.39, 0.29) is 0 Å². The van der Waals surface area contributed by atoms with E-state index in [2.05, 4.69) is 42.8 Å². The predicted octanol–water partition coefficient (Wildman–Crippen LogP) is 4.33. The van der Waals surface area contributed by atoms with Crippen LogP contribution in [0.5, 0.6) is 11.6 Å². The SMILES string of the molecule is CCN(CCC(C)C)C1CCc2cc(Oc3ccc(C(N)=O)cn3)ccc21. The van der Waals surface area contributed by atoms with E-state index >= 15 is 0 Å². The van der Waals surface area contributed by atoms with Crippen LogP contribution in [-0.2, 0) is 6.42 Å². The van der Waals surface area contributed by atoms with Crippen molar-refractivity contribution in [2.75, 3.05) is 13.1 Å². The van der Waals surface area contributed by atoms with Crippen LogP contribution in [0.2, 0.25) is 0 Å². The molecule has 0 fully saturated rings. The number of fused-ring (bicyclic) bond motifs is 1. The van der Waals surface area contributed by atoms with Gasteiger partial charge in [-0.25, -0.2) is 4.98 Å². The van der Waals surface area contributed by atoms with E-state index < -0.39 is 5.91 Å². The zero-order valence-electron chi connectivity index (χ0n) is 16.4. The van der Waals surface area contributed by atoms with Gasteiger partial charge in [0.1, 0.15) is 5.75 Å². The van der Waals surface area contributed by atoms with E-state index in [4.69, 9.17) is 10.5 Å². The smallest absolute Gasteiger partial charge is 0.250 e. The van der Waals surface area contributed by atoms with Crippen molar-refractivity contribution in [3.63, 3.8) is 0 Å². The second-order valence-corrected chi connectivity index (χ2v) is 7.58. The number of pyridine rings is 1. The summed E-state index contributed by atoms with van der Waals surface area (Å²) in [5, 5.41) is 0. The maximum Gasteiger partial charge on any atom is 0.250 e. The zero-order valence-corrected chi connectivity index (χ0v) is 16.4. The van der Waals surface area contributed by atoms with Gasteiger partial charge in [0.2, 0.25) is 11.8 Å². The van der Waals surface area contributed by atoms with E-state index in [0.29, 0.717) is 17.5 Å². The number of hydrogen-bond acceptors (Lipinski definition) is 4. The van der Waals surface area contributed by atoms with Crippen molar-refractivity contribution in [1.82, 2.24) is 9.88 Å². The maximum absolute atomic E-state index is 11.1. The summed E-state index contributed by atoms with van der Waals surface area (Å²) >= 11 is 0. The molecule has 1 heterocycles. The number of nitrogens with zero attached hydrogens (tertiary/aromatic N) is 2. The second-order valence-electron chi connectivity index (χ2n) is 7.58. The number of carbonyl (C=O) groups is 1. The molecule has 5 heteroatoms. The molecule has 1 aromatic carbocycles. The summed E-state index contributed by atoms with van der Waals surface area (Å²) in [5.41, 5.74) is 8.39. The van der Waals surface area contributed by atoms with Crippen molar-refractivity contribution in [2.45, 2.75) is 46.1 Å². The number of carbonyl (C=O) groups excluding carboxylic acids is 1. The molecule has 1 unspecified atom stereocenters. The lowest BCUT2D eigenvalue weighted by Gasteiger charge is -2.29. The van der Waals surface area contributed by atoms with Crippen LogP contribution in [0.1, 0.15) is 61.1 Å². The number of benzene rings is 1. The Morgan fingerprint density at radius 2 is 2.15 bits per heavy atom. The first-order chi connectivity index (χ1) is 13.0. The van der Waals surface area contributed by atoms with Crippen molar-refractivity contribution in [1.29, 1.82) is 0 Å². The molecule has 2 N–H and O–H groups in total. The van der Waals surface area contributed by atoms with Gasteiger partial charge >= 0.3 is 0 Å². The topological polar surface area (TPSA) is 68.5 Å². The minimum Gasteiger partial charge on any atom is -0.439 e. The van der Waals surface area contributed by atoms with Crippen LogP contribution in [0.4, 0.5) is 0 Å². The summed E-state index contributed by atoms with van der Waals surface area (Å²) in [4.78, 5) is 17.9. The van der Waals surface area contributed by atoms with Crippen molar-refractivity contribution >= 4 is 5.91 Å². The number of hydrogen-bond donors (Lipinski definition) is 1. The fraction of sp³-hybridized carbons (Fsp3) is 0.455. The van der Waals surface area contributed by atoms with Crippen LogP contribution in [0.25, 0.3) is 0 Å². The Labute approximate surface area is 161 Å². The van der Waals surface area contributed by atoms with Gasteiger partial charge in [-0.2, -0.15) is 0 Å². The van der Waals surface area contributed by atoms with Crippen LogP contribution in [0.3, 0.4) is 0 Å². The maximum atomic E-state index is 11.1. The van der Waals surface area contributed by atoms with E-state index in [9.17, 15) is 4.79 Å². The quantitative estimate of drug-likeness (QED) is 0.754. The standard InChI is InChI=1S/C22H29N3O2/c1-4-25(12-11-15(2)3)20-9-5-16-13-18(7-8-19(16)20)27-21-10-6-17(14-24-21)22(23)26/h6-8,10,13-15,20H,4-5,9,11-12H2,1-3H3,(H2,23,26). The van der Waals surface area contributed by atoms with Gasteiger partial charge in [0.05, 0.1) is 5.56 Å². The number of rotatable bonds is 8. The lowest BCUT2D eigenvalue weighted by molar-refractivity contribution is 0.1000. The van der Waals surface area contributed by atoms with Crippen LogP contribution in [0.15, 0.2) is 36.5 Å². The molecule has 2 aromatic rings. The highest BCUT2D eigenvalue weighted by atomic mass is 16.5. The molecule has 1 amide bonds.